The molecule has 0 aliphatic rings. The van der Waals surface area contributed by atoms with E-state index in [1.807, 2.05) is 27.7 Å². The van der Waals surface area contributed by atoms with Crippen LogP contribution >= 0.6 is 23.2 Å². The summed E-state index contributed by atoms with van der Waals surface area (Å²) in [6.07, 6.45) is 2.52. The first kappa shape index (κ1) is 21.8. The van der Waals surface area contributed by atoms with Gasteiger partial charge in [0.2, 0.25) is 11.8 Å². The lowest BCUT2D eigenvalue weighted by Gasteiger charge is -2.31. The Morgan fingerprint density at radius 1 is 1.16 bits per heavy atom. The van der Waals surface area contributed by atoms with Crippen LogP contribution in [0.25, 0.3) is 0 Å². The first-order valence-electron chi connectivity index (χ1n) is 8.87. The van der Waals surface area contributed by atoms with Crippen molar-refractivity contribution in [1.29, 1.82) is 0 Å². The predicted octanol–water partition coefficient (Wildman–Crippen LogP) is 4.82. The number of carbonyl (C=O) groups is 2. The van der Waals surface area contributed by atoms with Crippen molar-refractivity contribution in [2.24, 2.45) is 0 Å². The van der Waals surface area contributed by atoms with Gasteiger partial charge in [0.05, 0.1) is 0 Å². The van der Waals surface area contributed by atoms with Crippen molar-refractivity contribution in [3.63, 3.8) is 0 Å². The molecule has 1 aromatic carbocycles. The molecule has 0 heterocycles. The average molecular weight is 387 g/mol. The Morgan fingerprint density at radius 3 is 2.36 bits per heavy atom. The fourth-order valence-corrected chi connectivity index (χ4v) is 3.02. The zero-order chi connectivity index (χ0) is 19.0. The Labute approximate surface area is 160 Å². The molecule has 0 aliphatic carbocycles. The Bertz CT molecular complexity index is 593. The highest BCUT2D eigenvalue weighted by Gasteiger charge is 2.29. The number of hydrogen-bond acceptors (Lipinski definition) is 2. The number of hydrogen-bond donors (Lipinski definition) is 1. The largest absolute Gasteiger partial charge is 0.352 e. The van der Waals surface area contributed by atoms with E-state index in [1.165, 1.54) is 0 Å². The second-order valence-corrected chi connectivity index (χ2v) is 7.09. The molecule has 4 nitrogen and oxygen atoms in total. The summed E-state index contributed by atoms with van der Waals surface area (Å²) < 4.78 is 0. The molecule has 0 spiro atoms. The second-order valence-electron chi connectivity index (χ2n) is 6.25. The van der Waals surface area contributed by atoms with Crippen molar-refractivity contribution in [3.8, 4) is 0 Å². The fraction of sp³-hybridized carbons (Fsp3) is 0.579. The van der Waals surface area contributed by atoms with Crippen molar-refractivity contribution in [1.82, 2.24) is 10.2 Å². The molecule has 25 heavy (non-hydrogen) atoms. The zero-order valence-electron chi connectivity index (χ0n) is 15.4. The Balaban J connectivity index is 3.08. The van der Waals surface area contributed by atoms with Crippen LogP contribution in [0.15, 0.2) is 18.2 Å². The smallest absolute Gasteiger partial charge is 0.243 e. The summed E-state index contributed by atoms with van der Waals surface area (Å²) in [6.45, 7) is 8.13. The van der Waals surface area contributed by atoms with Crippen LogP contribution in [0.3, 0.4) is 0 Å². The maximum absolute atomic E-state index is 12.7. The van der Waals surface area contributed by atoms with Gasteiger partial charge in [-0.25, -0.2) is 0 Å². The maximum Gasteiger partial charge on any atom is 0.243 e. The van der Waals surface area contributed by atoms with Gasteiger partial charge >= 0.3 is 0 Å². The van der Waals surface area contributed by atoms with Crippen LogP contribution in [0.2, 0.25) is 10.0 Å². The molecule has 6 heteroatoms. The summed E-state index contributed by atoms with van der Waals surface area (Å²) in [5.74, 6) is -0.161. The number of rotatable bonds is 9. The van der Waals surface area contributed by atoms with Crippen molar-refractivity contribution >= 4 is 35.0 Å². The molecule has 2 amide bonds. The summed E-state index contributed by atoms with van der Waals surface area (Å²) in [7, 11) is 0. The molecule has 1 aromatic rings. The Kier molecular flexibility index (Phi) is 9.30. The number of nitrogens with zero attached hydrogens (tertiary/aromatic N) is 1. The molecule has 2 atom stereocenters. The highest BCUT2D eigenvalue weighted by atomic mass is 35.5. The van der Waals surface area contributed by atoms with Gasteiger partial charge in [0.25, 0.3) is 0 Å². The third-order valence-electron chi connectivity index (χ3n) is 4.21. The molecule has 0 saturated carbocycles. The van der Waals surface area contributed by atoms with Crippen molar-refractivity contribution in [2.45, 2.75) is 72.0 Å². The van der Waals surface area contributed by atoms with E-state index in [-0.39, 0.29) is 17.9 Å². The lowest BCUT2D eigenvalue weighted by molar-refractivity contribution is -0.141. The SMILES string of the molecule is CCCC(=O)N(Cc1ccc(Cl)cc1Cl)[C@@H](CC)C(=O)N[C@H](C)CC. The van der Waals surface area contributed by atoms with Gasteiger partial charge in [-0.3, -0.25) is 9.59 Å². The molecular formula is C19H28Cl2N2O2. The summed E-state index contributed by atoms with van der Waals surface area (Å²) >= 11 is 12.2. The Morgan fingerprint density at radius 2 is 1.84 bits per heavy atom. The first-order valence-corrected chi connectivity index (χ1v) is 9.63. The van der Waals surface area contributed by atoms with E-state index in [4.69, 9.17) is 23.2 Å². The highest BCUT2D eigenvalue weighted by Crippen LogP contribution is 2.24. The van der Waals surface area contributed by atoms with Crippen LogP contribution in [0.5, 0.6) is 0 Å². The normalized spacial score (nSPS) is 13.2. The number of nitrogens with one attached hydrogen (secondary N) is 1. The van der Waals surface area contributed by atoms with Crippen LogP contribution in [-0.4, -0.2) is 28.8 Å². The van der Waals surface area contributed by atoms with E-state index in [1.54, 1.807) is 23.1 Å². The van der Waals surface area contributed by atoms with E-state index in [9.17, 15) is 9.59 Å². The van der Waals surface area contributed by atoms with Crippen LogP contribution < -0.4 is 5.32 Å². The number of benzene rings is 1. The molecule has 1 rings (SSSR count). The lowest BCUT2D eigenvalue weighted by atomic mass is 10.1. The van der Waals surface area contributed by atoms with E-state index in [0.717, 1.165) is 18.4 Å². The van der Waals surface area contributed by atoms with Gasteiger partial charge in [0, 0.05) is 29.1 Å². The molecule has 0 unspecified atom stereocenters. The molecular weight excluding hydrogens is 359 g/mol. The van der Waals surface area contributed by atoms with Gasteiger partial charge < -0.3 is 10.2 Å². The van der Waals surface area contributed by atoms with Gasteiger partial charge in [-0.05, 0) is 43.9 Å². The zero-order valence-corrected chi connectivity index (χ0v) is 17.0. The minimum absolute atomic E-state index is 0.0420. The molecule has 140 valence electrons. The number of carbonyl (C=O) groups excluding carboxylic acids is 2. The highest BCUT2D eigenvalue weighted by molar-refractivity contribution is 6.35. The van der Waals surface area contributed by atoms with Crippen LogP contribution in [0.4, 0.5) is 0 Å². The van der Waals surface area contributed by atoms with Gasteiger partial charge in [0.15, 0.2) is 0 Å². The average Bonchev–Trinajstić information content (AvgIpc) is 2.56. The predicted molar refractivity (Wildman–Crippen MR) is 104 cm³/mol. The summed E-state index contributed by atoms with van der Waals surface area (Å²) in [5, 5.41) is 4.02. The second kappa shape index (κ2) is 10.7. The van der Waals surface area contributed by atoms with Crippen molar-refractivity contribution in [2.75, 3.05) is 0 Å². The molecule has 0 bridgehead atoms. The molecule has 0 aromatic heterocycles. The third-order valence-corrected chi connectivity index (χ3v) is 4.79. The standard InChI is InChI=1S/C19H28Cl2N2O2/c1-5-8-18(24)23(12-14-9-10-15(20)11-16(14)21)17(7-3)19(25)22-13(4)6-2/h9-11,13,17H,5-8,12H2,1-4H3,(H,22,25)/t13-,17+/m1/s1. The number of halogens is 2. The minimum atomic E-state index is -0.514. The van der Waals surface area contributed by atoms with Crippen LogP contribution in [-0.2, 0) is 16.1 Å². The van der Waals surface area contributed by atoms with Crippen LogP contribution in [0, 0.1) is 0 Å². The van der Waals surface area contributed by atoms with Crippen LogP contribution in [0.1, 0.15) is 58.9 Å². The van der Waals surface area contributed by atoms with E-state index in [2.05, 4.69) is 5.32 Å². The van der Waals surface area contributed by atoms with Gasteiger partial charge in [-0.15, -0.1) is 0 Å². The molecule has 1 N–H and O–H groups in total. The first-order chi connectivity index (χ1) is 11.8. The van der Waals surface area contributed by atoms with E-state index in [0.29, 0.717) is 29.4 Å². The van der Waals surface area contributed by atoms with Gasteiger partial charge in [-0.2, -0.15) is 0 Å². The topological polar surface area (TPSA) is 49.4 Å². The quantitative estimate of drug-likeness (QED) is 0.661. The lowest BCUT2D eigenvalue weighted by Crippen LogP contribution is -2.50. The Hall–Kier alpha value is -1.26. The summed E-state index contributed by atoms with van der Waals surface area (Å²) in [6, 6.07) is 4.76. The molecule has 0 aliphatic heterocycles. The van der Waals surface area contributed by atoms with E-state index < -0.39 is 6.04 Å². The monoisotopic (exact) mass is 386 g/mol. The number of amides is 2. The fourth-order valence-electron chi connectivity index (χ4n) is 2.55. The van der Waals surface area contributed by atoms with E-state index >= 15 is 0 Å². The van der Waals surface area contributed by atoms with Crippen molar-refractivity contribution < 1.29 is 9.59 Å². The van der Waals surface area contributed by atoms with Gasteiger partial charge in [-0.1, -0.05) is 50.0 Å². The third kappa shape index (κ3) is 6.52. The van der Waals surface area contributed by atoms with Gasteiger partial charge in [0.1, 0.15) is 6.04 Å². The van der Waals surface area contributed by atoms with Crippen molar-refractivity contribution in [3.05, 3.63) is 33.8 Å². The minimum Gasteiger partial charge on any atom is -0.352 e. The maximum atomic E-state index is 12.7. The summed E-state index contributed by atoms with van der Waals surface area (Å²) in [5.41, 5.74) is 0.783. The molecule has 0 fully saturated rings. The molecule has 0 radical (unpaired) electrons. The molecule has 0 saturated heterocycles. The summed E-state index contributed by atoms with van der Waals surface area (Å²) in [4.78, 5) is 27.0.